The summed E-state index contributed by atoms with van der Waals surface area (Å²) in [5.41, 5.74) is 0. The topological polar surface area (TPSA) is 107 Å². The SMILES string of the molecule is CCCC(NC(=O)N(CC(=O)O)CC(=O)O)c1cccs1. The molecule has 1 atom stereocenters. The number of carbonyl (C=O) groups excluding carboxylic acids is 1. The molecule has 0 fully saturated rings. The molecule has 0 aromatic carbocycles. The zero-order chi connectivity index (χ0) is 15.8. The highest BCUT2D eigenvalue weighted by molar-refractivity contribution is 7.10. The number of thiophene rings is 1. The number of carbonyl (C=O) groups is 3. The molecule has 7 nitrogen and oxygen atoms in total. The van der Waals surface area contributed by atoms with Gasteiger partial charge in [-0.2, -0.15) is 0 Å². The van der Waals surface area contributed by atoms with Gasteiger partial charge in [0.2, 0.25) is 0 Å². The average molecular weight is 314 g/mol. The van der Waals surface area contributed by atoms with Crippen LogP contribution in [0.2, 0.25) is 0 Å². The summed E-state index contributed by atoms with van der Waals surface area (Å²) in [6, 6.07) is 2.81. The van der Waals surface area contributed by atoms with Crippen molar-refractivity contribution in [2.24, 2.45) is 0 Å². The maximum Gasteiger partial charge on any atom is 0.323 e. The van der Waals surface area contributed by atoms with E-state index in [1.165, 1.54) is 11.3 Å². The summed E-state index contributed by atoms with van der Waals surface area (Å²) in [4.78, 5) is 35.3. The van der Waals surface area contributed by atoms with E-state index in [-0.39, 0.29) is 6.04 Å². The molecule has 1 unspecified atom stereocenters. The molecule has 0 saturated heterocycles. The Labute approximate surface area is 126 Å². The van der Waals surface area contributed by atoms with Gasteiger partial charge in [-0.15, -0.1) is 11.3 Å². The molecule has 3 N–H and O–H groups in total. The molecule has 1 aromatic rings. The van der Waals surface area contributed by atoms with E-state index in [0.29, 0.717) is 6.42 Å². The zero-order valence-electron chi connectivity index (χ0n) is 11.6. The Morgan fingerprint density at radius 2 is 1.90 bits per heavy atom. The summed E-state index contributed by atoms with van der Waals surface area (Å²) in [6.45, 7) is 0.669. The van der Waals surface area contributed by atoms with Crippen LogP contribution in [0.3, 0.4) is 0 Å². The van der Waals surface area contributed by atoms with Gasteiger partial charge in [-0.05, 0) is 17.9 Å². The van der Waals surface area contributed by atoms with Crippen molar-refractivity contribution in [3.63, 3.8) is 0 Å². The van der Waals surface area contributed by atoms with Crippen molar-refractivity contribution in [3.8, 4) is 0 Å². The molecular weight excluding hydrogens is 296 g/mol. The number of amides is 2. The molecule has 0 saturated carbocycles. The second kappa shape index (κ2) is 8.25. The van der Waals surface area contributed by atoms with Crippen LogP contribution in [-0.2, 0) is 9.59 Å². The minimum Gasteiger partial charge on any atom is -0.480 e. The Bertz CT molecular complexity index is 473. The maximum atomic E-state index is 12.1. The third-order valence-corrected chi connectivity index (χ3v) is 3.69. The van der Waals surface area contributed by atoms with Gasteiger partial charge in [0.05, 0.1) is 6.04 Å². The van der Waals surface area contributed by atoms with E-state index in [9.17, 15) is 14.4 Å². The summed E-state index contributed by atoms with van der Waals surface area (Å²) >= 11 is 1.49. The van der Waals surface area contributed by atoms with Crippen LogP contribution in [0.25, 0.3) is 0 Å². The predicted octanol–water partition coefficient (Wildman–Crippen LogP) is 1.77. The largest absolute Gasteiger partial charge is 0.480 e. The van der Waals surface area contributed by atoms with Gasteiger partial charge in [-0.1, -0.05) is 19.4 Å². The summed E-state index contributed by atoms with van der Waals surface area (Å²) in [5.74, 6) is -2.51. The van der Waals surface area contributed by atoms with Crippen LogP contribution in [-0.4, -0.2) is 46.2 Å². The molecule has 1 aromatic heterocycles. The molecule has 0 bridgehead atoms. The summed E-state index contributed by atoms with van der Waals surface area (Å²) in [5, 5.41) is 22.1. The average Bonchev–Trinajstić information content (AvgIpc) is 2.90. The minimum atomic E-state index is -1.26. The predicted molar refractivity (Wildman–Crippen MR) is 77.3 cm³/mol. The molecule has 8 heteroatoms. The van der Waals surface area contributed by atoms with Crippen molar-refractivity contribution in [2.45, 2.75) is 25.8 Å². The van der Waals surface area contributed by atoms with Gasteiger partial charge in [0.25, 0.3) is 0 Å². The van der Waals surface area contributed by atoms with Gasteiger partial charge in [-0.3, -0.25) is 9.59 Å². The van der Waals surface area contributed by atoms with Crippen molar-refractivity contribution in [2.75, 3.05) is 13.1 Å². The van der Waals surface area contributed by atoms with Gasteiger partial charge in [0.1, 0.15) is 13.1 Å². The molecule has 21 heavy (non-hydrogen) atoms. The normalized spacial score (nSPS) is 11.7. The standard InChI is InChI=1S/C13H18N2O5S/c1-2-4-9(10-5-3-6-21-10)14-13(20)15(7-11(16)17)8-12(18)19/h3,5-6,9H,2,4,7-8H2,1H3,(H,14,20)(H,16,17)(H,18,19). The van der Waals surface area contributed by atoms with Crippen LogP contribution in [0.15, 0.2) is 17.5 Å². The maximum absolute atomic E-state index is 12.1. The highest BCUT2D eigenvalue weighted by atomic mass is 32.1. The Morgan fingerprint density at radius 3 is 2.33 bits per heavy atom. The van der Waals surface area contributed by atoms with E-state index in [1.54, 1.807) is 0 Å². The van der Waals surface area contributed by atoms with E-state index in [2.05, 4.69) is 5.32 Å². The Balaban J connectivity index is 2.76. The minimum absolute atomic E-state index is 0.243. The lowest BCUT2D eigenvalue weighted by Crippen LogP contribution is -2.46. The van der Waals surface area contributed by atoms with E-state index in [1.807, 2.05) is 24.4 Å². The number of nitrogens with zero attached hydrogens (tertiary/aromatic N) is 1. The molecular formula is C13H18N2O5S. The monoisotopic (exact) mass is 314 g/mol. The lowest BCUT2D eigenvalue weighted by molar-refractivity contribution is -0.140. The molecule has 0 aliphatic carbocycles. The fraction of sp³-hybridized carbons (Fsp3) is 0.462. The Kier molecular flexibility index (Phi) is 6.67. The van der Waals surface area contributed by atoms with Gasteiger partial charge < -0.3 is 20.4 Å². The molecule has 1 heterocycles. The molecule has 0 radical (unpaired) electrons. The summed E-state index contributed by atoms with van der Waals surface area (Å²) in [7, 11) is 0. The van der Waals surface area contributed by atoms with E-state index >= 15 is 0 Å². The summed E-state index contributed by atoms with van der Waals surface area (Å²) < 4.78 is 0. The van der Waals surface area contributed by atoms with Crippen LogP contribution in [0, 0.1) is 0 Å². The molecule has 0 aliphatic rings. The van der Waals surface area contributed by atoms with Gasteiger partial charge >= 0.3 is 18.0 Å². The Morgan fingerprint density at radius 1 is 1.29 bits per heavy atom. The van der Waals surface area contributed by atoms with Crippen molar-refractivity contribution >= 4 is 29.3 Å². The Hall–Kier alpha value is -2.09. The third-order valence-electron chi connectivity index (χ3n) is 2.70. The number of hydrogen-bond donors (Lipinski definition) is 3. The van der Waals surface area contributed by atoms with Gasteiger partial charge in [-0.25, -0.2) is 4.79 Å². The first-order valence-corrected chi connectivity index (χ1v) is 7.34. The number of carboxylic acid groups (broad SMARTS) is 2. The number of rotatable bonds is 8. The van der Waals surface area contributed by atoms with Crippen LogP contribution in [0.5, 0.6) is 0 Å². The van der Waals surface area contributed by atoms with Crippen LogP contribution >= 0.6 is 11.3 Å². The first-order valence-electron chi connectivity index (χ1n) is 6.46. The smallest absolute Gasteiger partial charge is 0.323 e. The van der Waals surface area contributed by atoms with Gasteiger partial charge in [0.15, 0.2) is 0 Å². The molecule has 116 valence electrons. The number of hydrogen-bond acceptors (Lipinski definition) is 4. The highest BCUT2D eigenvalue weighted by Crippen LogP contribution is 2.23. The lowest BCUT2D eigenvalue weighted by atomic mass is 10.1. The quantitative estimate of drug-likeness (QED) is 0.678. The van der Waals surface area contributed by atoms with Crippen LogP contribution in [0.4, 0.5) is 4.79 Å². The van der Waals surface area contributed by atoms with E-state index in [4.69, 9.17) is 10.2 Å². The second-order valence-corrected chi connectivity index (χ2v) is 5.43. The van der Waals surface area contributed by atoms with Crippen LogP contribution < -0.4 is 5.32 Å². The number of urea groups is 1. The summed E-state index contributed by atoms with van der Waals surface area (Å²) in [6.07, 6.45) is 1.53. The first kappa shape index (κ1) is 17.0. The van der Waals surface area contributed by atoms with Gasteiger partial charge in [0, 0.05) is 4.88 Å². The van der Waals surface area contributed by atoms with Crippen LogP contribution in [0.1, 0.15) is 30.7 Å². The fourth-order valence-electron chi connectivity index (χ4n) is 1.83. The number of aliphatic carboxylic acids is 2. The van der Waals surface area contributed by atoms with Crippen molar-refractivity contribution in [1.29, 1.82) is 0 Å². The zero-order valence-corrected chi connectivity index (χ0v) is 12.4. The first-order chi connectivity index (χ1) is 9.93. The molecule has 2 amide bonds. The van der Waals surface area contributed by atoms with Crippen molar-refractivity contribution in [3.05, 3.63) is 22.4 Å². The third kappa shape index (κ3) is 5.82. The van der Waals surface area contributed by atoms with E-state index < -0.39 is 31.1 Å². The number of carboxylic acids is 2. The van der Waals surface area contributed by atoms with Crippen molar-refractivity contribution in [1.82, 2.24) is 10.2 Å². The molecule has 0 aliphatic heterocycles. The number of nitrogens with one attached hydrogen (secondary N) is 1. The molecule has 1 rings (SSSR count). The van der Waals surface area contributed by atoms with E-state index in [0.717, 1.165) is 16.2 Å². The molecule has 0 spiro atoms. The fourth-order valence-corrected chi connectivity index (χ4v) is 2.64. The van der Waals surface area contributed by atoms with Crippen molar-refractivity contribution < 1.29 is 24.6 Å². The second-order valence-electron chi connectivity index (χ2n) is 4.45. The highest BCUT2D eigenvalue weighted by Gasteiger charge is 2.23. The lowest BCUT2D eigenvalue weighted by Gasteiger charge is -2.23.